The van der Waals surface area contributed by atoms with Crippen molar-refractivity contribution in [2.45, 2.75) is 32.4 Å². The second kappa shape index (κ2) is 13.8. The summed E-state index contributed by atoms with van der Waals surface area (Å²) in [5.41, 5.74) is 5.68. The van der Waals surface area contributed by atoms with Gasteiger partial charge in [0, 0.05) is 0 Å². The van der Waals surface area contributed by atoms with Crippen LogP contribution in [0.25, 0.3) is 22.3 Å². The molecule has 0 aliphatic carbocycles. The van der Waals surface area contributed by atoms with Crippen LogP contribution in [0.1, 0.15) is 36.1 Å². The average molecular weight is 629 g/mol. The highest BCUT2D eigenvalue weighted by molar-refractivity contribution is 6.32. The molecule has 0 fully saturated rings. The summed E-state index contributed by atoms with van der Waals surface area (Å²) in [6.07, 6.45) is 4.32. The molecule has 0 spiro atoms. The number of nitrogens with one attached hydrogen (secondary N) is 1. The second-order valence-electron chi connectivity index (χ2n) is 11.0. The number of aromatic hydroxyl groups is 2. The standard InChI is InChI=1S/C35H29ClN8O2/c1-35(2,19-38)29-12-24(11-28(14-29)26-7-10-33(46)32(36)15-26)17-39-20-40-21-41-34-42-22-43-44(34)18-23-3-4-27(16-37)31(13-23)25-5-8-30(45)9-6-25/h3-15,20-22,45-46H,17-18H2,1-2H3,(H,39,40,41,42,43). The molecule has 1 aromatic heterocycles. The van der Waals surface area contributed by atoms with E-state index < -0.39 is 5.41 Å². The summed E-state index contributed by atoms with van der Waals surface area (Å²) in [7, 11) is 0. The normalized spacial score (nSPS) is 11.5. The van der Waals surface area contributed by atoms with Crippen molar-refractivity contribution in [2.75, 3.05) is 5.32 Å². The van der Waals surface area contributed by atoms with Crippen molar-refractivity contribution in [1.82, 2.24) is 14.8 Å². The predicted molar refractivity (Wildman–Crippen MR) is 179 cm³/mol. The van der Waals surface area contributed by atoms with Gasteiger partial charge in [0.05, 0.1) is 47.6 Å². The van der Waals surface area contributed by atoms with Gasteiger partial charge in [-0.25, -0.2) is 9.67 Å². The maximum absolute atomic E-state index is 9.83. The summed E-state index contributed by atoms with van der Waals surface area (Å²) in [4.78, 5) is 12.9. The van der Waals surface area contributed by atoms with Crippen LogP contribution in [-0.2, 0) is 18.5 Å². The van der Waals surface area contributed by atoms with Crippen molar-refractivity contribution in [2.24, 2.45) is 9.98 Å². The molecule has 0 saturated heterocycles. The number of hydrogen-bond acceptors (Lipinski definition) is 7. The van der Waals surface area contributed by atoms with E-state index in [1.807, 2.05) is 44.2 Å². The minimum atomic E-state index is -0.724. The molecule has 4 aromatic carbocycles. The minimum absolute atomic E-state index is 0.00229. The molecule has 0 saturated carbocycles. The number of nitriles is 2. The number of nitrogens with zero attached hydrogens (tertiary/aromatic N) is 7. The van der Waals surface area contributed by atoms with Crippen molar-refractivity contribution in [3.8, 4) is 45.9 Å². The van der Waals surface area contributed by atoms with E-state index in [-0.39, 0.29) is 16.5 Å². The Morgan fingerprint density at radius 2 is 1.72 bits per heavy atom. The van der Waals surface area contributed by atoms with Crippen LogP contribution < -0.4 is 5.32 Å². The van der Waals surface area contributed by atoms with Crippen molar-refractivity contribution in [3.05, 3.63) is 112 Å². The number of phenols is 2. The summed E-state index contributed by atoms with van der Waals surface area (Å²) < 4.78 is 1.67. The predicted octanol–water partition coefficient (Wildman–Crippen LogP) is 7.07. The largest absolute Gasteiger partial charge is 0.508 e. The smallest absolute Gasteiger partial charge is 0.226 e. The molecule has 5 rings (SSSR count). The average Bonchev–Trinajstić information content (AvgIpc) is 3.50. The number of phenolic OH excluding ortho intramolecular Hbond substituents is 2. The minimum Gasteiger partial charge on any atom is -0.508 e. The van der Waals surface area contributed by atoms with Gasteiger partial charge in [-0.15, -0.1) is 0 Å². The number of aliphatic imine (C=N–C) groups is 2. The second-order valence-corrected chi connectivity index (χ2v) is 11.4. The van der Waals surface area contributed by atoms with Crippen LogP contribution in [0.4, 0.5) is 5.95 Å². The first-order valence-corrected chi connectivity index (χ1v) is 14.6. The Hall–Kier alpha value is -5.97. The fourth-order valence-electron chi connectivity index (χ4n) is 4.72. The van der Waals surface area contributed by atoms with Gasteiger partial charge >= 0.3 is 0 Å². The Morgan fingerprint density at radius 3 is 2.46 bits per heavy atom. The van der Waals surface area contributed by atoms with E-state index in [9.17, 15) is 20.7 Å². The van der Waals surface area contributed by atoms with E-state index in [0.29, 0.717) is 24.6 Å². The number of hydrogen-bond donors (Lipinski definition) is 3. The Kier molecular flexibility index (Phi) is 9.41. The molecule has 0 aliphatic rings. The van der Waals surface area contributed by atoms with E-state index in [1.165, 1.54) is 19.0 Å². The summed E-state index contributed by atoms with van der Waals surface area (Å²) in [5, 5.41) is 46.4. The molecule has 0 bridgehead atoms. The molecule has 0 radical (unpaired) electrons. The highest BCUT2D eigenvalue weighted by Gasteiger charge is 2.21. The van der Waals surface area contributed by atoms with E-state index in [1.54, 1.807) is 53.2 Å². The van der Waals surface area contributed by atoms with Gasteiger partial charge in [0.15, 0.2) is 0 Å². The van der Waals surface area contributed by atoms with Crippen molar-refractivity contribution in [3.63, 3.8) is 0 Å². The summed E-state index contributed by atoms with van der Waals surface area (Å²) in [6.45, 7) is 4.43. The van der Waals surface area contributed by atoms with E-state index >= 15 is 0 Å². The van der Waals surface area contributed by atoms with Crippen LogP contribution in [0.2, 0.25) is 5.02 Å². The van der Waals surface area contributed by atoms with Crippen LogP contribution in [0.3, 0.4) is 0 Å². The van der Waals surface area contributed by atoms with Crippen LogP contribution >= 0.6 is 11.6 Å². The first kappa shape index (κ1) is 31.5. The lowest BCUT2D eigenvalue weighted by Crippen LogP contribution is -2.14. The molecule has 11 heteroatoms. The highest BCUT2D eigenvalue weighted by Crippen LogP contribution is 2.33. The van der Waals surface area contributed by atoms with Gasteiger partial charge in [0.1, 0.15) is 24.2 Å². The van der Waals surface area contributed by atoms with Crippen LogP contribution in [0.15, 0.2) is 95.2 Å². The Bertz CT molecular complexity index is 2020. The lowest BCUT2D eigenvalue weighted by molar-refractivity contribution is 0.475. The van der Waals surface area contributed by atoms with Crippen molar-refractivity contribution in [1.29, 1.82) is 10.5 Å². The molecule has 46 heavy (non-hydrogen) atoms. The van der Waals surface area contributed by atoms with Crippen LogP contribution in [-0.4, -0.2) is 37.7 Å². The number of aromatic nitrogens is 3. The first-order chi connectivity index (χ1) is 22.2. The third-order valence-corrected chi connectivity index (χ3v) is 7.60. The molecule has 0 atom stereocenters. The van der Waals surface area contributed by atoms with Crippen molar-refractivity contribution < 1.29 is 10.2 Å². The Morgan fingerprint density at radius 1 is 0.935 bits per heavy atom. The molecule has 0 unspecified atom stereocenters. The number of anilines is 1. The van der Waals surface area contributed by atoms with Crippen molar-refractivity contribution >= 4 is 30.2 Å². The molecule has 10 nitrogen and oxygen atoms in total. The zero-order valence-electron chi connectivity index (χ0n) is 25.1. The molecular formula is C35H29ClN8O2. The third-order valence-electron chi connectivity index (χ3n) is 7.30. The number of benzene rings is 4. The zero-order chi connectivity index (χ0) is 32.7. The Balaban J connectivity index is 1.27. The molecule has 1 heterocycles. The summed E-state index contributed by atoms with van der Waals surface area (Å²) in [6, 6.07) is 27.7. The fourth-order valence-corrected chi connectivity index (χ4v) is 4.90. The van der Waals surface area contributed by atoms with E-state index in [2.05, 4.69) is 37.5 Å². The van der Waals surface area contributed by atoms with E-state index in [0.717, 1.165) is 38.9 Å². The monoisotopic (exact) mass is 628 g/mol. The summed E-state index contributed by atoms with van der Waals surface area (Å²) >= 11 is 6.15. The maximum atomic E-state index is 9.83. The quantitative estimate of drug-likeness (QED) is 0.110. The summed E-state index contributed by atoms with van der Waals surface area (Å²) in [5.74, 6) is 0.626. The lowest BCUT2D eigenvalue weighted by Gasteiger charge is -2.18. The first-order valence-electron chi connectivity index (χ1n) is 14.2. The Labute approximate surface area is 271 Å². The fraction of sp³-hybridized carbons (Fsp3) is 0.143. The van der Waals surface area contributed by atoms with Gasteiger partial charge in [0.25, 0.3) is 0 Å². The van der Waals surface area contributed by atoms with Gasteiger partial charge < -0.3 is 15.5 Å². The van der Waals surface area contributed by atoms with E-state index in [4.69, 9.17) is 11.6 Å². The highest BCUT2D eigenvalue weighted by atomic mass is 35.5. The molecular weight excluding hydrogens is 600 g/mol. The number of rotatable bonds is 10. The van der Waals surface area contributed by atoms with Crippen LogP contribution in [0.5, 0.6) is 11.5 Å². The topological polar surface area (TPSA) is 155 Å². The van der Waals surface area contributed by atoms with Gasteiger partial charge in [-0.2, -0.15) is 20.6 Å². The third kappa shape index (κ3) is 7.39. The van der Waals surface area contributed by atoms with Gasteiger partial charge in [-0.1, -0.05) is 41.9 Å². The molecule has 5 aromatic rings. The molecule has 228 valence electrons. The molecule has 0 aliphatic heterocycles. The molecule has 3 N–H and O–H groups in total. The lowest BCUT2D eigenvalue weighted by atomic mass is 9.83. The van der Waals surface area contributed by atoms with Gasteiger partial charge in [-0.3, -0.25) is 4.99 Å². The maximum Gasteiger partial charge on any atom is 0.226 e. The number of halogens is 1. The van der Waals surface area contributed by atoms with Crippen LogP contribution in [0, 0.1) is 22.7 Å². The zero-order valence-corrected chi connectivity index (χ0v) is 25.8. The molecule has 0 amide bonds. The SMILES string of the molecule is CC(C)(C#N)c1cc(CN=CN=CNc2ncnn2Cc2ccc(C#N)c(-c3ccc(O)cc3)c2)cc(-c2ccc(O)c(Cl)c2)c1. The van der Waals surface area contributed by atoms with Gasteiger partial charge in [-0.05, 0) is 101 Å². The van der Waals surface area contributed by atoms with Gasteiger partial charge in [0.2, 0.25) is 5.95 Å².